The molecule has 0 amide bonds. The van der Waals surface area contributed by atoms with Crippen LogP contribution in [-0.4, -0.2) is 42.2 Å². The Morgan fingerprint density at radius 2 is 2.06 bits per heavy atom. The highest BCUT2D eigenvalue weighted by atomic mass is 35.5. The molecule has 1 heterocycles. The lowest BCUT2D eigenvalue weighted by Crippen LogP contribution is -2.58. The van der Waals surface area contributed by atoms with Crippen molar-refractivity contribution < 1.29 is 5.11 Å². The largest absolute Gasteiger partial charge is 0.392 e. The van der Waals surface area contributed by atoms with Gasteiger partial charge in [-0.25, -0.2) is 0 Å². The molecule has 1 aromatic rings. The number of halogens is 1. The first-order chi connectivity index (χ1) is 8.45. The van der Waals surface area contributed by atoms with Crippen LogP contribution in [0.3, 0.4) is 0 Å². The molecule has 0 aromatic heterocycles. The van der Waals surface area contributed by atoms with Gasteiger partial charge in [0.25, 0.3) is 0 Å². The number of hydrogen-bond acceptors (Lipinski definition) is 3. The highest BCUT2D eigenvalue weighted by Gasteiger charge is 2.32. The fourth-order valence-corrected chi connectivity index (χ4v) is 2.79. The first-order valence-corrected chi connectivity index (χ1v) is 6.68. The van der Waals surface area contributed by atoms with E-state index in [-0.39, 0.29) is 12.1 Å². The van der Waals surface area contributed by atoms with Gasteiger partial charge in [0.2, 0.25) is 0 Å². The van der Waals surface area contributed by atoms with Gasteiger partial charge in [-0.3, -0.25) is 4.90 Å². The normalized spacial score (nSPS) is 20.2. The predicted octanol–water partition coefficient (Wildman–Crippen LogP) is 2.36. The number of benzene rings is 1. The lowest BCUT2D eigenvalue weighted by atomic mass is 9.98. The average Bonchev–Trinajstić information content (AvgIpc) is 2.32. The van der Waals surface area contributed by atoms with Gasteiger partial charge in [-0.1, -0.05) is 23.7 Å². The van der Waals surface area contributed by atoms with Gasteiger partial charge in [0.1, 0.15) is 0 Å². The number of anilines is 1. The van der Waals surface area contributed by atoms with Crippen LogP contribution in [-0.2, 0) is 6.61 Å². The molecule has 1 aromatic carbocycles. The standard InChI is InChI=1S/C14H21ClN2O/c1-14(2)10-17(8-7-16(14)3)13-11(9-18)5-4-6-12(13)15/h4-6,18H,7-10H2,1-3H3. The van der Waals surface area contributed by atoms with E-state index in [1.807, 2.05) is 18.2 Å². The van der Waals surface area contributed by atoms with Crippen molar-refractivity contribution in [3.8, 4) is 0 Å². The molecule has 1 saturated heterocycles. The number of piperazine rings is 1. The Bertz CT molecular complexity index is 434. The van der Waals surface area contributed by atoms with Gasteiger partial charge in [-0.15, -0.1) is 0 Å². The summed E-state index contributed by atoms with van der Waals surface area (Å²) in [5.41, 5.74) is 2.01. The molecule has 0 bridgehead atoms. The monoisotopic (exact) mass is 268 g/mol. The van der Waals surface area contributed by atoms with Crippen molar-refractivity contribution >= 4 is 17.3 Å². The molecule has 0 aliphatic carbocycles. The number of aliphatic hydroxyl groups is 1. The van der Waals surface area contributed by atoms with E-state index < -0.39 is 0 Å². The van der Waals surface area contributed by atoms with Crippen molar-refractivity contribution in [3.63, 3.8) is 0 Å². The van der Waals surface area contributed by atoms with Gasteiger partial charge in [-0.2, -0.15) is 0 Å². The number of rotatable bonds is 2. The number of hydrogen-bond donors (Lipinski definition) is 1. The molecular weight excluding hydrogens is 248 g/mol. The fraction of sp³-hybridized carbons (Fsp3) is 0.571. The Balaban J connectivity index is 2.33. The summed E-state index contributed by atoms with van der Waals surface area (Å²) in [5.74, 6) is 0. The van der Waals surface area contributed by atoms with Crippen molar-refractivity contribution in [3.05, 3.63) is 28.8 Å². The zero-order valence-corrected chi connectivity index (χ0v) is 12.0. The van der Waals surface area contributed by atoms with Gasteiger partial charge in [-0.05, 0) is 27.0 Å². The molecule has 1 aliphatic heterocycles. The summed E-state index contributed by atoms with van der Waals surface area (Å²) in [4.78, 5) is 4.65. The lowest BCUT2D eigenvalue weighted by molar-refractivity contribution is 0.138. The highest BCUT2D eigenvalue weighted by molar-refractivity contribution is 6.33. The Morgan fingerprint density at radius 3 is 2.67 bits per heavy atom. The van der Waals surface area contributed by atoms with Crippen LogP contribution in [0.15, 0.2) is 18.2 Å². The molecule has 18 heavy (non-hydrogen) atoms. The van der Waals surface area contributed by atoms with E-state index in [1.54, 1.807) is 0 Å². The molecule has 0 spiro atoms. The summed E-state index contributed by atoms with van der Waals surface area (Å²) < 4.78 is 0. The maximum atomic E-state index is 9.46. The predicted molar refractivity (Wildman–Crippen MR) is 76.3 cm³/mol. The van der Waals surface area contributed by atoms with Crippen LogP contribution < -0.4 is 4.90 Å². The molecule has 0 unspecified atom stereocenters. The van der Waals surface area contributed by atoms with E-state index in [1.165, 1.54) is 0 Å². The summed E-state index contributed by atoms with van der Waals surface area (Å²) in [7, 11) is 2.15. The molecule has 100 valence electrons. The van der Waals surface area contributed by atoms with E-state index in [9.17, 15) is 5.11 Å². The number of likely N-dealkylation sites (N-methyl/N-ethyl adjacent to an activating group) is 1. The Morgan fingerprint density at radius 1 is 1.33 bits per heavy atom. The van der Waals surface area contributed by atoms with Gasteiger partial charge in [0, 0.05) is 30.7 Å². The number of aliphatic hydroxyl groups excluding tert-OH is 1. The van der Waals surface area contributed by atoms with Crippen molar-refractivity contribution in [2.45, 2.75) is 26.0 Å². The number of nitrogens with zero attached hydrogens (tertiary/aromatic N) is 2. The van der Waals surface area contributed by atoms with Gasteiger partial charge in [0.15, 0.2) is 0 Å². The van der Waals surface area contributed by atoms with Gasteiger partial charge >= 0.3 is 0 Å². The van der Waals surface area contributed by atoms with Crippen LogP contribution in [0.1, 0.15) is 19.4 Å². The Labute approximate surface area is 114 Å². The molecular formula is C14H21ClN2O. The molecule has 2 rings (SSSR count). The highest BCUT2D eigenvalue weighted by Crippen LogP contribution is 2.33. The van der Waals surface area contributed by atoms with E-state index >= 15 is 0 Å². The molecule has 0 radical (unpaired) electrons. The molecule has 1 fully saturated rings. The maximum absolute atomic E-state index is 9.46. The zero-order valence-electron chi connectivity index (χ0n) is 11.3. The van der Waals surface area contributed by atoms with Crippen LogP contribution in [0.25, 0.3) is 0 Å². The second kappa shape index (κ2) is 5.08. The van der Waals surface area contributed by atoms with Crippen LogP contribution in [0.2, 0.25) is 5.02 Å². The molecule has 3 nitrogen and oxygen atoms in total. The lowest BCUT2D eigenvalue weighted by Gasteiger charge is -2.46. The topological polar surface area (TPSA) is 26.7 Å². The van der Waals surface area contributed by atoms with E-state index in [4.69, 9.17) is 11.6 Å². The first kappa shape index (κ1) is 13.7. The van der Waals surface area contributed by atoms with Crippen LogP contribution >= 0.6 is 11.6 Å². The van der Waals surface area contributed by atoms with E-state index in [2.05, 4.69) is 30.7 Å². The molecule has 0 atom stereocenters. The maximum Gasteiger partial charge on any atom is 0.0702 e. The van der Waals surface area contributed by atoms with Crippen LogP contribution in [0.5, 0.6) is 0 Å². The quantitative estimate of drug-likeness (QED) is 0.892. The van der Waals surface area contributed by atoms with E-state index in [0.29, 0.717) is 0 Å². The molecule has 1 aliphatic rings. The SMILES string of the molecule is CN1CCN(c2c(Cl)cccc2CO)CC1(C)C. The van der Waals surface area contributed by atoms with Crippen LogP contribution in [0, 0.1) is 0 Å². The zero-order chi connectivity index (χ0) is 13.3. The van der Waals surface area contributed by atoms with Crippen molar-refractivity contribution in [1.29, 1.82) is 0 Å². The van der Waals surface area contributed by atoms with Crippen LogP contribution in [0.4, 0.5) is 5.69 Å². The fourth-order valence-electron chi connectivity index (χ4n) is 2.47. The summed E-state index contributed by atoms with van der Waals surface area (Å²) in [6, 6.07) is 5.71. The van der Waals surface area contributed by atoms with Crippen molar-refractivity contribution in [1.82, 2.24) is 4.90 Å². The Hall–Kier alpha value is -0.770. The molecule has 1 N–H and O–H groups in total. The number of para-hydroxylation sites is 1. The molecule has 4 heteroatoms. The summed E-state index contributed by atoms with van der Waals surface area (Å²) in [6.45, 7) is 7.35. The second-order valence-electron chi connectivity index (χ2n) is 5.56. The van der Waals surface area contributed by atoms with Gasteiger partial charge in [0.05, 0.1) is 17.3 Å². The third-order valence-corrected chi connectivity index (χ3v) is 4.18. The summed E-state index contributed by atoms with van der Waals surface area (Å²) in [5, 5.41) is 10.2. The molecule has 0 saturated carbocycles. The Kier molecular flexibility index (Phi) is 3.85. The van der Waals surface area contributed by atoms with Crippen molar-refractivity contribution in [2.75, 3.05) is 31.6 Å². The minimum atomic E-state index is 0.0304. The van der Waals surface area contributed by atoms with Gasteiger partial charge < -0.3 is 10.0 Å². The van der Waals surface area contributed by atoms with Crippen molar-refractivity contribution in [2.24, 2.45) is 0 Å². The minimum absolute atomic E-state index is 0.0304. The third kappa shape index (κ3) is 2.48. The van der Waals surface area contributed by atoms with E-state index in [0.717, 1.165) is 35.9 Å². The summed E-state index contributed by atoms with van der Waals surface area (Å²) >= 11 is 6.30. The second-order valence-corrected chi connectivity index (χ2v) is 5.97. The minimum Gasteiger partial charge on any atom is -0.392 e. The average molecular weight is 269 g/mol. The first-order valence-electron chi connectivity index (χ1n) is 6.30. The third-order valence-electron chi connectivity index (χ3n) is 3.87. The summed E-state index contributed by atoms with van der Waals surface area (Å²) in [6.07, 6.45) is 0. The smallest absolute Gasteiger partial charge is 0.0702 e.